The lowest BCUT2D eigenvalue weighted by molar-refractivity contribution is -0.118. The number of aromatic nitrogens is 3. The van der Waals surface area contributed by atoms with Crippen LogP contribution in [0.1, 0.15) is 30.5 Å². The van der Waals surface area contributed by atoms with Crippen molar-refractivity contribution in [2.75, 3.05) is 17.2 Å². The Kier molecular flexibility index (Phi) is 3.82. The summed E-state index contributed by atoms with van der Waals surface area (Å²) in [6, 6.07) is -0.281. The third-order valence-corrected chi connectivity index (χ3v) is 5.16. The van der Waals surface area contributed by atoms with Crippen molar-refractivity contribution in [3.8, 4) is 5.75 Å². The summed E-state index contributed by atoms with van der Waals surface area (Å²) in [5, 5.41) is 4.16. The van der Waals surface area contributed by atoms with Gasteiger partial charge in [-0.3, -0.25) is 14.4 Å². The first kappa shape index (κ1) is 16.7. The van der Waals surface area contributed by atoms with E-state index in [4.69, 9.17) is 10.5 Å². The Bertz CT molecular complexity index is 869. The van der Waals surface area contributed by atoms with E-state index in [0.717, 1.165) is 6.42 Å². The summed E-state index contributed by atoms with van der Waals surface area (Å²) in [4.78, 5) is 18.1. The van der Waals surface area contributed by atoms with Crippen LogP contribution in [0.15, 0.2) is 18.6 Å². The highest BCUT2D eigenvalue weighted by atomic mass is 19.3. The van der Waals surface area contributed by atoms with Gasteiger partial charge in [0.05, 0.1) is 17.9 Å². The van der Waals surface area contributed by atoms with Crippen LogP contribution < -0.4 is 15.4 Å². The van der Waals surface area contributed by atoms with Gasteiger partial charge in [0.1, 0.15) is 0 Å². The molecule has 2 aromatic rings. The van der Waals surface area contributed by atoms with E-state index in [9.17, 15) is 13.6 Å². The molecule has 7 nitrogen and oxygen atoms in total. The molecule has 0 bridgehead atoms. The first-order valence-corrected chi connectivity index (χ1v) is 8.42. The first-order valence-electron chi connectivity index (χ1n) is 8.42. The van der Waals surface area contributed by atoms with Crippen LogP contribution in [0, 0.1) is 18.8 Å². The first-order chi connectivity index (χ1) is 12.4. The minimum atomic E-state index is -3.01. The number of nitrogen functional groups attached to an aromatic ring is 1. The number of halogens is 2. The van der Waals surface area contributed by atoms with Gasteiger partial charge in [-0.25, -0.2) is 4.98 Å². The lowest BCUT2D eigenvalue weighted by Gasteiger charge is -2.24. The zero-order chi connectivity index (χ0) is 18.6. The van der Waals surface area contributed by atoms with E-state index >= 15 is 0 Å². The number of anilines is 2. The van der Waals surface area contributed by atoms with Crippen LogP contribution in [0.5, 0.6) is 5.75 Å². The standard InChI is InChI=1S/C17H19F2N5O2/c1-8-13(9(2)24-7-11(20)4-22-24)5-21-15(14(8)26-17(18)19)23-6-10-3-12(10)16(23)25/h4-5,7,9-10,12,17H,3,6,20H2,1-2H3/t9?,10-,12-/m1/s1. The molecule has 138 valence electrons. The topological polar surface area (TPSA) is 86.3 Å². The summed E-state index contributed by atoms with van der Waals surface area (Å²) in [5.41, 5.74) is 7.38. The van der Waals surface area contributed by atoms with Crippen molar-refractivity contribution in [3.05, 3.63) is 29.7 Å². The summed E-state index contributed by atoms with van der Waals surface area (Å²) in [6.07, 6.45) is 5.63. The molecule has 1 unspecified atom stereocenters. The Morgan fingerprint density at radius 2 is 2.15 bits per heavy atom. The molecule has 1 saturated heterocycles. The number of fused-ring (bicyclic) bond motifs is 1. The Hall–Kier alpha value is -2.71. The second-order valence-electron chi connectivity index (χ2n) is 6.85. The Labute approximate surface area is 148 Å². The maximum absolute atomic E-state index is 13.0. The van der Waals surface area contributed by atoms with Crippen LogP contribution >= 0.6 is 0 Å². The van der Waals surface area contributed by atoms with E-state index in [1.165, 1.54) is 11.1 Å². The number of carbonyl (C=O) groups is 1. The molecule has 1 aliphatic carbocycles. The fourth-order valence-electron chi connectivity index (χ4n) is 3.60. The van der Waals surface area contributed by atoms with E-state index in [1.807, 2.05) is 6.92 Å². The number of amides is 1. The fraction of sp³-hybridized carbons (Fsp3) is 0.471. The number of hydrogen-bond acceptors (Lipinski definition) is 5. The number of carbonyl (C=O) groups excluding carboxylic acids is 1. The molecule has 26 heavy (non-hydrogen) atoms. The lowest BCUT2D eigenvalue weighted by atomic mass is 10.0. The molecule has 0 radical (unpaired) electrons. The van der Waals surface area contributed by atoms with Crippen molar-refractivity contribution in [1.82, 2.24) is 14.8 Å². The maximum atomic E-state index is 13.0. The molecule has 1 amide bonds. The minimum Gasteiger partial charge on any atom is -0.431 e. The third-order valence-electron chi connectivity index (χ3n) is 5.16. The predicted molar refractivity (Wildman–Crippen MR) is 90.0 cm³/mol. The molecule has 1 saturated carbocycles. The van der Waals surface area contributed by atoms with E-state index in [1.54, 1.807) is 24.0 Å². The molecule has 1 aliphatic heterocycles. The molecule has 3 atom stereocenters. The number of alkyl halides is 2. The van der Waals surface area contributed by atoms with E-state index in [2.05, 4.69) is 10.1 Å². The van der Waals surface area contributed by atoms with Gasteiger partial charge in [-0.05, 0) is 26.2 Å². The van der Waals surface area contributed by atoms with Crippen LogP contribution in [0.25, 0.3) is 0 Å². The maximum Gasteiger partial charge on any atom is 0.387 e. The summed E-state index contributed by atoms with van der Waals surface area (Å²) >= 11 is 0. The molecule has 3 heterocycles. The van der Waals surface area contributed by atoms with E-state index in [-0.39, 0.29) is 29.4 Å². The highest BCUT2D eigenvalue weighted by Gasteiger charge is 2.53. The van der Waals surface area contributed by atoms with Gasteiger partial charge in [0.15, 0.2) is 11.6 Å². The highest BCUT2D eigenvalue weighted by Crippen LogP contribution is 2.49. The average molecular weight is 363 g/mol. The SMILES string of the molecule is Cc1c(C(C)n2cc(N)cn2)cnc(N2C[C@H]3C[C@H]3C2=O)c1OC(F)F. The van der Waals surface area contributed by atoms with Crippen LogP contribution in [-0.4, -0.2) is 33.8 Å². The molecule has 2 aliphatic rings. The van der Waals surface area contributed by atoms with Crippen LogP contribution in [0.4, 0.5) is 20.3 Å². The number of ether oxygens (including phenoxy) is 1. The van der Waals surface area contributed by atoms with Crippen molar-refractivity contribution in [2.45, 2.75) is 32.9 Å². The molecule has 2 aromatic heterocycles. The van der Waals surface area contributed by atoms with Gasteiger partial charge >= 0.3 is 6.61 Å². The smallest absolute Gasteiger partial charge is 0.387 e. The fourth-order valence-corrected chi connectivity index (χ4v) is 3.60. The second kappa shape index (κ2) is 5.93. The molecule has 9 heteroatoms. The normalized spacial score (nSPS) is 22.7. The van der Waals surface area contributed by atoms with Gasteiger partial charge in [0, 0.05) is 36.0 Å². The monoisotopic (exact) mass is 363 g/mol. The zero-order valence-electron chi connectivity index (χ0n) is 14.4. The van der Waals surface area contributed by atoms with Gasteiger partial charge in [-0.1, -0.05) is 0 Å². The average Bonchev–Trinajstić information content (AvgIpc) is 3.12. The molecule has 4 rings (SSSR count). The van der Waals surface area contributed by atoms with Crippen molar-refractivity contribution in [1.29, 1.82) is 0 Å². The van der Waals surface area contributed by atoms with E-state index < -0.39 is 6.61 Å². The van der Waals surface area contributed by atoms with Gasteiger partial charge in [0.2, 0.25) is 5.91 Å². The molecular formula is C17H19F2N5O2. The van der Waals surface area contributed by atoms with Crippen LogP contribution in [-0.2, 0) is 4.79 Å². The number of piperidine rings is 1. The summed E-state index contributed by atoms with van der Waals surface area (Å²) < 4.78 is 32.4. The van der Waals surface area contributed by atoms with Gasteiger partial charge in [0.25, 0.3) is 0 Å². The quantitative estimate of drug-likeness (QED) is 0.881. The molecule has 0 spiro atoms. The van der Waals surface area contributed by atoms with Crippen molar-refractivity contribution >= 4 is 17.4 Å². The molecule has 2 fully saturated rings. The molecule has 2 N–H and O–H groups in total. The Morgan fingerprint density at radius 1 is 1.38 bits per heavy atom. The number of nitrogens with two attached hydrogens (primary N) is 1. The highest BCUT2D eigenvalue weighted by molar-refractivity contribution is 6.00. The van der Waals surface area contributed by atoms with Crippen LogP contribution in [0.2, 0.25) is 0 Å². The number of rotatable bonds is 5. The van der Waals surface area contributed by atoms with Crippen LogP contribution in [0.3, 0.4) is 0 Å². The predicted octanol–water partition coefficient (Wildman–Crippen LogP) is 2.36. The molecule has 0 aromatic carbocycles. The third kappa shape index (κ3) is 2.67. The van der Waals surface area contributed by atoms with Gasteiger partial charge in [-0.2, -0.15) is 13.9 Å². The van der Waals surface area contributed by atoms with E-state index in [0.29, 0.717) is 29.3 Å². The number of pyridine rings is 1. The summed E-state index contributed by atoms with van der Waals surface area (Å²) in [7, 11) is 0. The summed E-state index contributed by atoms with van der Waals surface area (Å²) in [6.45, 7) is 1.04. The summed E-state index contributed by atoms with van der Waals surface area (Å²) in [5.74, 6) is 0.341. The van der Waals surface area contributed by atoms with Gasteiger partial charge in [-0.15, -0.1) is 0 Å². The van der Waals surface area contributed by atoms with Crippen molar-refractivity contribution < 1.29 is 18.3 Å². The largest absolute Gasteiger partial charge is 0.431 e. The number of hydrogen-bond donors (Lipinski definition) is 1. The van der Waals surface area contributed by atoms with Gasteiger partial charge < -0.3 is 10.5 Å². The number of nitrogens with zero attached hydrogens (tertiary/aromatic N) is 4. The molecular weight excluding hydrogens is 344 g/mol. The second-order valence-corrected chi connectivity index (χ2v) is 6.85. The zero-order valence-corrected chi connectivity index (χ0v) is 14.4. The lowest BCUT2D eigenvalue weighted by Crippen LogP contribution is -2.30. The van der Waals surface area contributed by atoms with Crippen molar-refractivity contribution in [3.63, 3.8) is 0 Å². The van der Waals surface area contributed by atoms with Crippen molar-refractivity contribution in [2.24, 2.45) is 11.8 Å². The minimum absolute atomic E-state index is 0.00200. The Balaban J connectivity index is 1.74. The Morgan fingerprint density at radius 3 is 2.73 bits per heavy atom.